The van der Waals surface area contributed by atoms with Crippen LogP contribution in [0, 0.1) is 37.0 Å². The molecule has 5 nitrogen and oxygen atoms in total. The third kappa shape index (κ3) is 2.96. The van der Waals surface area contributed by atoms with Gasteiger partial charge >= 0.3 is 6.03 Å². The molecule has 138 valence electrons. The minimum atomic E-state index is 0.0169. The van der Waals surface area contributed by atoms with E-state index >= 15 is 0 Å². The molecule has 1 aromatic rings. The lowest BCUT2D eigenvalue weighted by atomic mass is 9.48. The standard InChI is InChI=1S/C20H31N3O2/c1-12-18(13(2)25-22-12)11-23(4)19(24)21-14(3)20-8-15-5-16(9-20)7-17(6-15)10-20/h14-17H,5-11H2,1-4H3,(H,21,24)/t14-,15?,16?,17?,20?/m1/s1. The Morgan fingerprint density at radius 2 is 1.80 bits per heavy atom. The number of rotatable bonds is 4. The van der Waals surface area contributed by atoms with Gasteiger partial charge in [-0.25, -0.2) is 4.79 Å². The van der Waals surface area contributed by atoms with Crippen LogP contribution in [0.15, 0.2) is 4.52 Å². The summed E-state index contributed by atoms with van der Waals surface area (Å²) in [7, 11) is 1.85. The molecule has 0 spiro atoms. The van der Waals surface area contributed by atoms with E-state index in [1.54, 1.807) is 4.90 Å². The summed E-state index contributed by atoms with van der Waals surface area (Å²) in [6.07, 6.45) is 8.25. The van der Waals surface area contributed by atoms with Crippen molar-refractivity contribution in [3.8, 4) is 0 Å². The molecule has 0 saturated heterocycles. The average molecular weight is 345 g/mol. The largest absolute Gasteiger partial charge is 0.361 e. The van der Waals surface area contributed by atoms with Gasteiger partial charge in [-0.05, 0) is 82.5 Å². The Morgan fingerprint density at radius 3 is 2.28 bits per heavy atom. The molecule has 4 bridgehead atoms. The van der Waals surface area contributed by atoms with Gasteiger partial charge in [0, 0.05) is 18.7 Å². The molecule has 0 radical (unpaired) electrons. The SMILES string of the molecule is Cc1noc(C)c1CN(C)C(=O)N[C@H](C)C12CC3CC(CC(C3)C1)C2. The molecular weight excluding hydrogens is 314 g/mol. The highest BCUT2D eigenvalue weighted by Gasteiger charge is 2.53. The third-order valence-electron chi connectivity index (χ3n) is 7.27. The Labute approximate surface area is 150 Å². The first-order chi connectivity index (χ1) is 11.9. The first-order valence-corrected chi connectivity index (χ1v) is 9.79. The molecule has 25 heavy (non-hydrogen) atoms. The van der Waals surface area contributed by atoms with Crippen LogP contribution in [0.4, 0.5) is 4.79 Å². The van der Waals surface area contributed by atoms with Crippen molar-refractivity contribution in [2.24, 2.45) is 23.2 Å². The van der Waals surface area contributed by atoms with Crippen LogP contribution in [0.25, 0.3) is 0 Å². The highest BCUT2D eigenvalue weighted by molar-refractivity contribution is 5.74. The normalized spacial score (nSPS) is 34.2. The van der Waals surface area contributed by atoms with Gasteiger partial charge in [-0.1, -0.05) is 5.16 Å². The van der Waals surface area contributed by atoms with E-state index in [0.717, 1.165) is 34.8 Å². The van der Waals surface area contributed by atoms with Gasteiger partial charge in [0.15, 0.2) is 0 Å². The maximum Gasteiger partial charge on any atom is 0.317 e. The molecule has 0 aromatic carbocycles. The number of hydrogen-bond donors (Lipinski definition) is 1. The van der Waals surface area contributed by atoms with Gasteiger partial charge in [0.1, 0.15) is 5.76 Å². The van der Waals surface area contributed by atoms with Crippen LogP contribution in [-0.4, -0.2) is 29.2 Å². The van der Waals surface area contributed by atoms with E-state index in [1.807, 2.05) is 20.9 Å². The summed E-state index contributed by atoms with van der Waals surface area (Å²) in [6, 6.07) is 0.267. The van der Waals surface area contributed by atoms with Crippen molar-refractivity contribution in [3.63, 3.8) is 0 Å². The van der Waals surface area contributed by atoms with Gasteiger partial charge in [0.05, 0.1) is 12.2 Å². The summed E-state index contributed by atoms with van der Waals surface area (Å²) in [5.41, 5.74) is 2.22. The molecule has 4 aliphatic carbocycles. The zero-order valence-electron chi connectivity index (χ0n) is 16.0. The van der Waals surface area contributed by atoms with Crippen LogP contribution in [0.5, 0.6) is 0 Å². The van der Waals surface area contributed by atoms with Crippen molar-refractivity contribution >= 4 is 6.03 Å². The molecule has 1 heterocycles. The first kappa shape index (κ1) is 16.9. The van der Waals surface area contributed by atoms with Crippen LogP contribution in [0.1, 0.15) is 62.5 Å². The van der Waals surface area contributed by atoms with Crippen LogP contribution in [0.3, 0.4) is 0 Å². The second kappa shape index (κ2) is 6.03. The molecule has 2 amide bonds. The van der Waals surface area contributed by atoms with Crippen molar-refractivity contribution in [1.29, 1.82) is 0 Å². The Bertz CT molecular complexity index is 611. The monoisotopic (exact) mass is 345 g/mol. The van der Waals surface area contributed by atoms with Gasteiger partial charge in [0.25, 0.3) is 0 Å². The minimum Gasteiger partial charge on any atom is -0.361 e. The number of carbonyl (C=O) groups is 1. The van der Waals surface area contributed by atoms with E-state index in [2.05, 4.69) is 17.4 Å². The number of urea groups is 1. The number of aromatic nitrogens is 1. The predicted molar refractivity (Wildman–Crippen MR) is 96.0 cm³/mol. The molecule has 1 atom stereocenters. The first-order valence-electron chi connectivity index (χ1n) is 9.79. The molecule has 1 N–H and O–H groups in total. The second-order valence-corrected chi connectivity index (χ2v) is 9.11. The quantitative estimate of drug-likeness (QED) is 0.896. The zero-order chi connectivity index (χ0) is 17.8. The summed E-state index contributed by atoms with van der Waals surface area (Å²) in [5, 5.41) is 7.31. The van der Waals surface area contributed by atoms with Gasteiger partial charge in [-0.2, -0.15) is 0 Å². The molecule has 0 aliphatic heterocycles. The summed E-state index contributed by atoms with van der Waals surface area (Å²) < 4.78 is 5.21. The van der Waals surface area contributed by atoms with E-state index in [-0.39, 0.29) is 12.1 Å². The predicted octanol–water partition coefficient (Wildman–Crippen LogP) is 4.04. The lowest BCUT2D eigenvalue weighted by Crippen LogP contribution is -2.57. The molecule has 4 aliphatic rings. The Kier molecular flexibility index (Phi) is 4.08. The molecular formula is C20H31N3O2. The number of nitrogens with zero attached hydrogens (tertiary/aromatic N) is 2. The Morgan fingerprint density at radius 1 is 1.24 bits per heavy atom. The summed E-state index contributed by atoms with van der Waals surface area (Å²) >= 11 is 0. The van der Waals surface area contributed by atoms with Crippen molar-refractivity contribution in [2.75, 3.05) is 7.05 Å². The Hall–Kier alpha value is -1.52. The van der Waals surface area contributed by atoms with E-state index in [9.17, 15) is 4.79 Å². The lowest BCUT2D eigenvalue weighted by Gasteiger charge is -2.59. The number of hydrogen-bond acceptors (Lipinski definition) is 3. The molecule has 5 rings (SSSR count). The minimum absolute atomic E-state index is 0.0169. The molecule has 5 heteroatoms. The van der Waals surface area contributed by atoms with E-state index in [0.29, 0.717) is 12.0 Å². The summed E-state index contributed by atoms with van der Waals surface area (Å²) in [5.74, 6) is 3.52. The van der Waals surface area contributed by atoms with Crippen LogP contribution in [-0.2, 0) is 6.54 Å². The lowest BCUT2D eigenvalue weighted by molar-refractivity contribution is -0.0687. The van der Waals surface area contributed by atoms with Gasteiger partial charge in [0.2, 0.25) is 0 Å². The van der Waals surface area contributed by atoms with Crippen LogP contribution >= 0.6 is 0 Å². The molecule has 0 unspecified atom stereocenters. The fourth-order valence-corrected chi connectivity index (χ4v) is 6.19. The molecule has 1 aromatic heterocycles. The third-order valence-corrected chi connectivity index (χ3v) is 7.27. The smallest absolute Gasteiger partial charge is 0.317 e. The van der Waals surface area contributed by atoms with Crippen molar-refractivity contribution in [1.82, 2.24) is 15.4 Å². The zero-order valence-corrected chi connectivity index (χ0v) is 16.0. The van der Waals surface area contributed by atoms with Crippen molar-refractivity contribution < 1.29 is 9.32 Å². The van der Waals surface area contributed by atoms with Crippen LogP contribution < -0.4 is 5.32 Å². The Balaban J connectivity index is 1.40. The topological polar surface area (TPSA) is 58.4 Å². The van der Waals surface area contributed by atoms with Crippen molar-refractivity contribution in [2.45, 2.75) is 71.9 Å². The van der Waals surface area contributed by atoms with Crippen molar-refractivity contribution in [3.05, 3.63) is 17.0 Å². The fourth-order valence-electron chi connectivity index (χ4n) is 6.19. The maximum absolute atomic E-state index is 12.8. The van der Waals surface area contributed by atoms with Crippen LogP contribution in [0.2, 0.25) is 0 Å². The van der Waals surface area contributed by atoms with E-state index < -0.39 is 0 Å². The average Bonchev–Trinajstić information content (AvgIpc) is 2.85. The highest BCUT2D eigenvalue weighted by Crippen LogP contribution is 2.61. The second-order valence-electron chi connectivity index (χ2n) is 9.11. The number of amides is 2. The van der Waals surface area contributed by atoms with E-state index in [4.69, 9.17) is 4.52 Å². The highest BCUT2D eigenvalue weighted by atomic mass is 16.5. The number of carbonyl (C=O) groups excluding carboxylic acids is 1. The molecule has 4 saturated carbocycles. The summed E-state index contributed by atoms with van der Waals surface area (Å²) in [6.45, 7) is 6.60. The fraction of sp³-hybridized carbons (Fsp3) is 0.800. The summed E-state index contributed by atoms with van der Waals surface area (Å²) in [4.78, 5) is 14.5. The van der Waals surface area contributed by atoms with E-state index in [1.165, 1.54) is 38.5 Å². The van der Waals surface area contributed by atoms with Gasteiger partial charge < -0.3 is 14.7 Å². The van der Waals surface area contributed by atoms with Gasteiger partial charge in [-0.15, -0.1) is 0 Å². The number of aryl methyl sites for hydroxylation is 2. The number of nitrogens with one attached hydrogen (secondary N) is 1. The maximum atomic E-state index is 12.8. The molecule has 4 fully saturated rings. The van der Waals surface area contributed by atoms with Gasteiger partial charge in [-0.3, -0.25) is 0 Å².